The highest BCUT2D eigenvalue weighted by Crippen LogP contribution is 2.42. The number of nitrogens with one attached hydrogen (secondary N) is 3. The Morgan fingerprint density at radius 2 is 0.855 bits per heavy atom. The summed E-state index contributed by atoms with van der Waals surface area (Å²) in [5.74, 6) is -2.11. The quantitative estimate of drug-likeness (QED) is 0.0601. The number of hydrogen-bond acceptors (Lipinski definition) is 15. The van der Waals surface area contributed by atoms with Gasteiger partial charge >= 0.3 is 36.2 Å². The van der Waals surface area contributed by atoms with E-state index in [-0.39, 0.29) is 118 Å². The molecule has 0 aromatic heterocycles. The summed E-state index contributed by atoms with van der Waals surface area (Å²) < 4.78 is 47.4. The van der Waals surface area contributed by atoms with Crippen molar-refractivity contribution in [2.45, 2.75) is 20.8 Å². The second kappa shape index (κ2) is 25.1. The van der Waals surface area contributed by atoms with Gasteiger partial charge in [0.25, 0.3) is 0 Å². The van der Waals surface area contributed by atoms with Crippen LogP contribution in [0.4, 0.5) is 14.4 Å². The molecule has 0 radical (unpaired) electrons. The van der Waals surface area contributed by atoms with Crippen molar-refractivity contribution in [2.75, 3.05) is 79.1 Å². The van der Waals surface area contributed by atoms with Gasteiger partial charge in [-0.2, -0.15) is 0 Å². The first-order valence-electron chi connectivity index (χ1n) is 16.9. The second-order valence-corrected chi connectivity index (χ2v) is 11.3. The van der Waals surface area contributed by atoms with Gasteiger partial charge in [-0.05, 0) is 20.8 Å². The average molecular weight is 774 g/mol. The van der Waals surface area contributed by atoms with E-state index in [0.29, 0.717) is 5.39 Å². The van der Waals surface area contributed by atoms with Gasteiger partial charge in [0.2, 0.25) is 0 Å². The van der Waals surface area contributed by atoms with E-state index in [1.54, 1.807) is 24.3 Å². The normalized spacial score (nSPS) is 10.4. The molecule has 3 amide bonds. The minimum Gasteiger partial charge on any atom is -0.460 e. The largest absolute Gasteiger partial charge is 0.460 e. The minimum atomic E-state index is -0.958. The summed E-state index contributed by atoms with van der Waals surface area (Å²) in [5, 5.41) is 8.11. The molecular formula is C37H47N3O15. The van der Waals surface area contributed by atoms with Crippen LogP contribution in [0.15, 0.2) is 66.8 Å². The summed E-state index contributed by atoms with van der Waals surface area (Å²) in [6, 6.07) is 7.65. The van der Waals surface area contributed by atoms with E-state index in [2.05, 4.69) is 35.7 Å². The highest BCUT2D eigenvalue weighted by Gasteiger charge is 2.22. The highest BCUT2D eigenvalue weighted by atomic mass is 16.6. The third kappa shape index (κ3) is 18.1. The van der Waals surface area contributed by atoms with E-state index in [1.807, 2.05) is 0 Å². The van der Waals surface area contributed by atoms with E-state index >= 15 is 0 Å². The lowest BCUT2D eigenvalue weighted by molar-refractivity contribution is -0.141. The van der Waals surface area contributed by atoms with Crippen LogP contribution in [0.2, 0.25) is 0 Å². The molecule has 0 aliphatic carbocycles. The molecule has 2 aromatic rings. The number of hydrogen-bond donors (Lipinski definition) is 3. The van der Waals surface area contributed by atoms with Gasteiger partial charge in [0.05, 0.1) is 39.6 Å². The van der Waals surface area contributed by atoms with Gasteiger partial charge in [0.1, 0.15) is 25.6 Å². The molecule has 18 nitrogen and oxygen atoms in total. The van der Waals surface area contributed by atoms with Crippen molar-refractivity contribution in [3.05, 3.63) is 66.8 Å². The molecule has 3 N–H and O–H groups in total. The standard InChI is InChI=1S/C37H47N3O15/c1-24(2)32(41)50-20-17-47-14-11-38-35(44)53-29-23-30(54-36(45)39-12-15-48-18-21-51-33(42)25(3)4)31(28-10-8-7-9-27(28)29)55-37(46)40-13-16-49-19-22-52-34(43)26(5)6/h7-10,23H,1,3,5,11-22H2,2,4,6H3,(H,38,44)(H,39,45)(H,40,46). The molecule has 2 rings (SSSR count). The van der Waals surface area contributed by atoms with Crippen molar-refractivity contribution in [1.82, 2.24) is 16.0 Å². The van der Waals surface area contributed by atoms with Crippen molar-refractivity contribution < 1.29 is 71.4 Å². The monoisotopic (exact) mass is 773 g/mol. The zero-order valence-electron chi connectivity index (χ0n) is 31.1. The molecule has 18 heteroatoms. The van der Waals surface area contributed by atoms with Crippen LogP contribution in [0.1, 0.15) is 20.8 Å². The van der Waals surface area contributed by atoms with Gasteiger partial charge in [-0.25, -0.2) is 28.8 Å². The van der Waals surface area contributed by atoms with E-state index in [9.17, 15) is 28.8 Å². The zero-order valence-corrected chi connectivity index (χ0v) is 31.1. The number of fused-ring (bicyclic) bond motifs is 1. The lowest BCUT2D eigenvalue weighted by Gasteiger charge is -2.17. The number of rotatable bonds is 24. The lowest BCUT2D eigenvalue weighted by Crippen LogP contribution is -2.32. The number of ether oxygens (including phenoxy) is 9. The fourth-order valence-electron chi connectivity index (χ4n) is 3.89. The molecular weight excluding hydrogens is 726 g/mol. The SMILES string of the molecule is C=C(C)C(=O)OCCOCCNC(=O)Oc1cc(OC(=O)NCCOCCOC(=O)C(=C)C)c2ccccc2c1OC(=O)NCCOCCOC(=O)C(=C)C. The predicted octanol–water partition coefficient (Wildman–Crippen LogP) is 3.51. The molecule has 0 spiro atoms. The van der Waals surface area contributed by atoms with Gasteiger partial charge in [-0.1, -0.05) is 44.0 Å². The summed E-state index contributed by atoms with van der Waals surface area (Å²) in [4.78, 5) is 72.8. The van der Waals surface area contributed by atoms with Crippen LogP contribution in [-0.4, -0.2) is 115 Å². The Hall–Kier alpha value is -5.98. The van der Waals surface area contributed by atoms with Gasteiger partial charge in [0, 0.05) is 53.2 Å². The first kappa shape index (κ1) is 45.2. The Morgan fingerprint density at radius 3 is 1.25 bits per heavy atom. The molecule has 300 valence electrons. The maximum absolute atomic E-state index is 12.8. The van der Waals surface area contributed by atoms with Crippen molar-refractivity contribution in [2.24, 2.45) is 0 Å². The Bertz CT molecular complexity index is 1690. The van der Waals surface area contributed by atoms with Crippen molar-refractivity contribution in [1.29, 1.82) is 0 Å². The molecule has 0 saturated heterocycles. The Labute approximate surface area is 318 Å². The molecule has 0 atom stereocenters. The Morgan fingerprint density at radius 1 is 0.491 bits per heavy atom. The smallest absolute Gasteiger partial charge is 0.412 e. The van der Waals surface area contributed by atoms with Crippen LogP contribution in [0, 0.1) is 0 Å². The van der Waals surface area contributed by atoms with E-state index < -0.39 is 36.2 Å². The van der Waals surface area contributed by atoms with Gasteiger partial charge in [-0.15, -0.1) is 0 Å². The number of carbonyl (C=O) groups is 6. The fourth-order valence-corrected chi connectivity index (χ4v) is 3.89. The van der Waals surface area contributed by atoms with Crippen molar-refractivity contribution in [3.63, 3.8) is 0 Å². The molecule has 0 fully saturated rings. The van der Waals surface area contributed by atoms with Gasteiger partial charge in [-0.3, -0.25) is 0 Å². The molecule has 2 aromatic carbocycles. The third-order valence-electron chi connectivity index (χ3n) is 6.50. The molecule has 55 heavy (non-hydrogen) atoms. The van der Waals surface area contributed by atoms with E-state index in [1.165, 1.54) is 26.8 Å². The number of amides is 3. The average Bonchev–Trinajstić information content (AvgIpc) is 3.14. The molecule has 0 heterocycles. The van der Waals surface area contributed by atoms with Crippen LogP contribution < -0.4 is 30.2 Å². The van der Waals surface area contributed by atoms with Crippen molar-refractivity contribution >= 4 is 47.0 Å². The maximum Gasteiger partial charge on any atom is 0.412 e. The number of esters is 3. The number of benzene rings is 2. The Kier molecular flexibility index (Phi) is 20.6. The van der Waals surface area contributed by atoms with Crippen LogP contribution in [0.25, 0.3) is 10.8 Å². The van der Waals surface area contributed by atoms with Crippen LogP contribution in [-0.2, 0) is 42.8 Å². The van der Waals surface area contributed by atoms with Crippen molar-refractivity contribution in [3.8, 4) is 17.2 Å². The Balaban J connectivity index is 2.07. The van der Waals surface area contributed by atoms with Crippen LogP contribution in [0.5, 0.6) is 17.2 Å². The maximum atomic E-state index is 12.8. The molecule has 0 bridgehead atoms. The molecule has 0 saturated carbocycles. The fraction of sp³-hybridized carbons (Fsp3) is 0.405. The summed E-state index contributed by atoms with van der Waals surface area (Å²) in [5.41, 5.74) is 0.764. The molecule has 0 unspecified atom stereocenters. The topological polar surface area (TPSA) is 222 Å². The minimum absolute atomic E-state index is 0.00308. The zero-order chi connectivity index (χ0) is 40.6. The van der Waals surface area contributed by atoms with Crippen LogP contribution >= 0.6 is 0 Å². The highest BCUT2D eigenvalue weighted by molar-refractivity contribution is 5.98. The number of carbonyl (C=O) groups excluding carboxylic acids is 6. The molecule has 0 aliphatic rings. The lowest BCUT2D eigenvalue weighted by atomic mass is 10.1. The van der Waals surface area contributed by atoms with Gasteiger partial charge in [0.15, 0.2) is 11.5 Å². The first-order valence-corrected chi connectivity index (χ1v) is 16.9. The third-order valence-corrected chi connectivity index (χ3v) is 6.50. The van der Waals surface area contributed by atoms with E-state index in [0.717, 1.165) is 0 Å². The molecule has 0 aliphatic heterocycles. The summed E-state index contributed by atoms with van der Waals surface area (Å²) in [6.45, 7) is 15.5. The summed E-state index contributed by atoms with van der Waals surface area (Å²) >= 11 is 0. The predicted molar refractivity (Wildman–Crippen MR) is 196 cm³/mol. The van der Waals surface area contributed by atoms with Gasteiger partial charge < -0.3 is 58.6 Å². The van der Waals surface area contributed by atoms with E-state index in [4.69, 9.17) is 42.6 Å². The second-order valence-electron chi connectivity index (χ2n) is 11.3. The van der Waals surface area contributed by atoms with Crippen LogP contribution in [0.3, 0.4) is 0 Å². The summed E-state index contributed by atoms with van der Waals surface area (Å²) in [7, 11) is 0. The summed E-state index contributed by atoms with van der Waals surface area (Å²) in [6.07, 6.45) is -2.75. The first-order chi connectivity index (χ1) is 26.3.